The summed E-state index contributed by atoms with van der Waals surface area (Å²) in [5.41, 5.74) is 2.62. The van der Waals surface area contributed by atoms with Crippen LogP contribution in [0.4, 0.5) is 11.4 Å². The smallest absolute Gasteiger partial charge is 0.257 e. The minimum atomic E-state index is -3.65. The molecule has 0 bridgehead atoms. The number of nitriles is 1. The highest BCUT2D eigenvalue weighted by Gasteiger charge is 2.28. The van der Waals surface area contributed by atoms with Crippen LogP contribution in [0.2, 0.25) is 0 Å². The summed E-state index contributed by atoms with van der Waals surface area (Å²) in [4.78, 5) is 15.7. The van der Waals surface area contributed by atoms with Gasteiger partial charge in [0.2, 0.25) is 10.0 Å². The summed E-state index contributed by atoms with van der Waals surface area (Å²) in [5.74, 6) is -0.334. The summed E-state index contributed by atoms with van der Waals surface area (Å²) < 4.78 is 28.1. The van der Waals surface area contributed by atoms with Crippen LogP contribution in [-0.4, -0.2) is 44.8 Å². The lowest BCUT2D eigenvalue weighted by atomic mass is 10.1. The van der Waals surface area contributed by atoms with Gasteiger partial charge in [0.25, 0.3) is 5.91 Å². The second kappa shape index (κ2) is 10.4. The van der Waals surface area contributed by atoms with Gasteiger partial charge in [0.15, 0.2) is 0 Å². The highest BCUT2D eigenvalue weighted by atomic mass is 32.2. The van der Waals surface area contributed by atoms with E-state index in [0.717, 1.165) is 62.9 Å². The Labute approximate surface area is 196 Å². The molecule has 0 spiro atoms. The first-order chi connectivity index (χ1) is 16.0. The van der Waals surface area contributed by atoms with E-state index in [-0.39, 0.29) is 10.8 Å². The molecule has 0 aromatic heterocycles. The number of amides is 1. The van der Waals surface area contributed by atoms with Crippen LogP contribution in [0.15, 0.2) is 47.4 Å². The molecule has 2 saturated heterocycles. The molecule has 7 nitrogen and oxygen atoms in total. The predicted molar refractivity (Wildman–Crippen MR) is 129 cm³/mol. The molecule has 0 unspecified atom stereocenters. The number of benzene rings is 2. The predicted octanol–water partition coefficient (Wildman–Crippen LogP) is 4.17. The molecule has 2 aliphatic heterocycles. The van der Waals surface area contributed by atoms with Gasteiger partial charge < -0.3 is 10.2 Å². The molecule has 1 amide bonds. The van der Waals surface area contributed by atoms with E-state index in [4.69, 9.17) is 5.26 Å². The van der Waals surface area contributed by atoms with E-state index in [9.17, 15) is 13.2 Å². The average molecular weight is 467 g/mol. The van der Waals surface area contributed by atoms with Crippen molar-refractivity contribution in [3.63, 3.8) is 0 Å². The van der Waals surface area contributed by atoms with Crippen molar-refractivity contribution in [2.75, 3.05) is 36.4 Å². The molecule has 2 heterocycles. The number of hydrogen-bond donors (Lipinski definition) is 1. The van der Waals surface area contributed by atoms with E-state index in [2.05, 4.69) is 16.3 Å². The van der Waals surface area contributed by atoms with Gasteiger partial charge in [0, 0.05) is 37.6 Å². The quantitative estimate of drug-likeness (QED) is 0.690. The maximum atomic E-state index is 13.3. The molecule has 0 radical (unpaired) electrons. The van der Waals surface area contributed by atoms with Gasteiger partial charge in [-0.1, -0.05) is 18.6 Å². The fourth-order valence-electron chi connectivity index (χ4n) is 4.52. The van der Waals surface area contributed by atoms with E-state index in [1.54, 1.807) is 24.3 Å². The first-order valence-corrected chi connectivity index (χ1v) is 13.1. The number of nitrogens with one attached hydrogen (secondary N) is 1. The normalized spacial score (nSPS) is 17.4. The third-order valence-electron chi connectivity index (χ3n) is 6.36. The minimum absolute atomic E-state index is 0.166. The van der Waals surface area contributed by atoms with Crippen molar-refractivity contribution in [1.29, 1.82) is 5.26 Å². The van der Waals surface area contributed by atoms with Gasteiger partial charge in [-0.05, 0) is 68.0 Å². The van der Waals surface area contributed by atoms with Crippen molar-refractivity contribution in [1.82, 2.24) is 4.31 Å². The molecular weight excluding hydrogens is 436 g/mol. The van der Waals surface area contributed by atoms with Crippen LogP contribution >= 0.6 is 0 Å². The van der Waals surface area contributed by atoms with E-state index >= 15 is 0 Å². The second-order valence-corrected chi connectivity index (χ2v) is 10.6. The van der Waals surface area contributed by atoms with Crippen LogP contribution in [0, 0.1) is 11.3 Å². The Morgan fingerprint density at radius 2 is 1.55 bits per heavy atom. The van der Waals surface area contributed by atoms with Crippen molar-refractivity contribution in [3.8, 4) is 6.07 Å². The molecule has 2 fully saturated rings. The van der Waals surface area contributed by atoms with Crippen LogP contribution in [0.1, 0.15) is 54.4 Å². The Balaban J connectivity index is 1.65. The van der Waals surface area contributed by atoms with Gasteiger partial charge in [0.1, 0.15) is 0 Å². The molecule has 2 aromatic carbocycles. The Morgan fingerprint density at radius 3 is 2.18 bits per heavy atom. The SMILES string of the molecule is N#CCc1ccc(NC(=O)c2cc(S(=O)(=O)N3CCCCC3)ccc2N2CCCCC2)cc1. The van der Waals surface area contributed by atoms with Crippen LogP contribution in [0.5, 0.6) is 0 Å². The highest BCUT2D eigenvalue weighted by molar-refractivity contribution is 7.89. The van der Waals surface area contributed by atoms with Crippen LogP contribution in [-0.2, 0) is 16.4 Å². The molecular formula is C25H30N4O3S. The van der Waals surface area contributed by atoms with Gasteiger partial charge in [-0.3, -0.25) is 4.79 Å². The molecule has 2 aliphatic rings. The molecule has 0 aliphatic carbocycles. The summed E-state index contributed by atoms with van der Waals surface area (Å²) in [6, 6.07) is 14.2. The summed E-state index contributed by atoms with van der Waals surface area (Å²) in [7, 11) is -3.65. The van der Waals surface area contributed by atoms with Crippen LogP contribution in [0.25, 0.3) is 0 Å². The number of hydrogen-bond acceptors (Lipinski definition) is 5. The van der Waals surface area contributed by atoms with Gasteiger partial charge in [-0.25, -0.2) is 8.42 Å². The largest absolute Gasteiger partial charge is 0.371 e. The number of nitrogens with zero attached hydrogens (tertiary/aromatic N) is 3. The standard InChI is InChI=1S/C25H30N4O3S/c26-14-13-20-7-9-21(10-8-20)27-25(30)23-19-22(33(31,32)29-17-5-2-6-18-29)11-12-24(23)28-15-3-1-4-16-28/h7-12,19H,1-6,13,15-18H2,(H,27,30). The van der Waals surface area contributed by atoms with Crippen LogP contribution < -0.4 is 10.2 Å². The molecule has 8 heteroatoms. The zero-order valence-corrected chi connectivity index (χ0v) is 19.6. The lowest BCUT2D eigenvalue weighted by Gasteiger charge is -2.31. The number of anilines is 2. The highest BCUT2D eigenvalue weighted by Crippen LogP contribution is 2.30. The van der Waals surface area contributed by atoms with Crippen molar-refractivity contribution in [3.05, 3.63) is 53.6 Å². The molecule has 2 aromatic rings. The van der Waals surface area contributed by atoms with Crippen molar-refractivity contribution < 1.29 is 13.2 Å². The first-order valence-electron chi connectivity index (χ1n) is 11.7. The number of sulfonamides is 1. The average Bonchev–Trinajstić information content (AvgIpc) is 2.86. The number of piperidine rings is 2. The zero-order valence-electron chi connectivity index (χ0n) is 18.8. The van der Waals surface area contributed by atoms with Crippen molar-refractivity contribution in [2.24, 2.45) is 0 Å². The summed E-state index contributed by atoms with van der Waals surface area (Å²) >= 11 is 0. The summed E-state index contributed by atoms with van der Waals surface area (Å²) in [5, 5.41) is 11.8. The number of carbonyl (C=O) groups excluding carboxylic acids is 1. The number of rotatable bonds is 6. The van der Waals surface area contributed by atoms with E-state index in [1.807, 2.05) is 12.1 Å². The summed E-state index contributed by atoms with van der Waals surface area (Å²) in [6.07, 6.45) is 6.34. The second-order valence-electron chi connectivity index (χ2n) is 8.68. The van der Waals surface area contributed by atoms with Gasteiger partial charge in [-0.15, -0.1) is 0 Å². The topological polar surface area (TPSA) is 93.5 Å². The third kappa shape index (κ3) is 5.37. The monoisotopic (exact) mass is 466 g/mol. The lowest BCUT2D eigenvalue weighted by Crippen LogP contribution is -2.36. The van der Waals surface area contributed by atoms with Crippen LogP contribution in [0.3, 0.4) is 0 Å². The van der Waals surface area contributed by atoms with Gasteiger partial charge in [0.05, 0.1) is 22.9 Å². The molecule has 0 atom stereocenters. The fraction of sp³-hybridized carbons (Fsp3) is 0.440. The van der Waals surface area contributed by atoms with Gasteiger partial charge >= 0.3 is 0 Å². The van der Waals surface area contributed by atoms with E-state index in [0.29, 0.717) is 30.8 Å². The Kier molecular flexibility index (Phi) is 7.31. The molecule has 33 heavy (non-hydrogen) atoms. The Morgan fingerprint density at radius 1 is 0.909 bits per heavy atom. The van der Waals surface area contributed by atoms with E-state index in [1.165, 1.54) is 10.4 Å². The maximum Gasteiger partial charge on any atom is 0.257 e. The number of carbonyl (C=O) groups is 1. The first kappa shape index (κ1) is 23.3. The molecule has 0 saturated carbocycles. The summed E-state index contributed by atoms with van der Waals surface area (Å²) in [6.45, 7) is 2.74. The minimum Gasteiger partial charge on any atom is -0.371 e. The lowest BCUT2D eigenvalue weighted by molar-refractivity contribution is 0.102. The Bertz CT molecular complexity index is 1130. The molecule has 174 valence electrons. The van der Waals surface area contributed by atoms with Crippen molar-refractivity contribution >= 4 is 27.3 Å². The molecule has 1 N–H and O–H groups in total. The van der Waals surface area contributed by atoms with Crippen molar-refractivity contribution in [2.45, 2.75) is 49.8 Å². The third-order valence-corrected chi connectivity index (χ3v) is 8.25. The Hall–Kier alpha value is -2.89. The van der Waals surface area contributed by atoms with E-state index < -0.39 is 10.0 Å². The van der Waals surface area contributed by atoms with Gasteiger partial charge in [-0.2, -0.15) is 9.57 Å². The molecule has 4 rings (SSSR count). The zero-order chi connectivity index (χ0) is 23.3. The maximum absolute atomic E-state index is 13.3. The fourth-order valence-corrected chi connectivity index (χ4v) is 6.06.